The zero-order chi connectivity index (χ0) is 11.2. The Bertz CT molecular complexity index is 406. The third-order valence-corrected chi connectivity index (χ3v) is 3.86. The molecular formula is C12H18N4. The van der Waals surface area contributed by atoms with Gasteiger partial charge in [-0.25, -0.2) is 15.8 Å². The van der Waals surface area contributed by atoms with Crippen LogP contribution in [0.15, 0.2) is 0 Å². The molecule has 0 aromatic carbocycles. The van der Waals surface area contributed by atoms with Crippen molar-refractivity contribution in [3.05, 3.63) is 17.1 Å². The van der Waals surface area contributed by atoms with Crippen LogP contribution in [0, 0.1) is 0 Å². The lowest BCUT2D eigenvalue weighted by atomic mass is 9.95. The summed E-state index contributed by atoms with van der Waals surface area (Å²) >= 11 is 0. The molecule has 86 valence electrons. The van der Waals surface area contributed by atoms with Crippen LogP contribution in [-0.2, 0) is 18.3 Å². The van der Waals surface area contributed by atoms with Crippen LogP contribution in [0.5, 0.6) is 0 Å². The van der Waals surface area contributed by atoms with Gasteiger partial charge < -0.3 is 5.43 Å². The van der Waals surface area contributed by atoms with E-state index in [0.29, 0.717) is 0 Å². The second-order valence-electron chi connectivity index (χ2n) is 5.23. The molecule has 0 bridgehead atoms. The molecule has 3 N–H and O–H groups in total. The van der Waals surface area contributed by atoms with Crippen molar-refractivity contribution < 1.29 is 0 Å². The van der Waals surface area contributed by atoms with Crippen molar-refractivity contribution in [2.45, 2.75) is 50.9 Å². The first kappa shape index (κ1) is 10.0. The SMILES string of the molecule is CC1(c2nc3c(c(NN)n2)CCCC3)CC1. The molecule has 1 aromatic rings. The van der Waals surface area contributed by atoms with E-state index in [1.54, 1.807) is 0 Å². The second-order valence-corrected chi connectivity index (χ2v) is 5.23. The summed E-state index contributed by atoms with van der Waals surface area (Å²) in [5.41, 5.74) is 5.42. The van der Waals surface area contributed by atoms with Crippen LogP contribution in [0.2, 0.25) is 0 Å². The normalized spacial score (nSPS) is 21.4. The molecule has 0 spiro atoms. The maximum absolute atomic E-state index is 5.57. The molecule has 0 amide bonds. The highest BCUT2D eigenvalue weighted by atomic mass is 15.3. The van der Waals surface area contributed by atoms with Gasteiger partial charge in [0, 0.05) is 16.7 Å². The lowest BCUT2D eigenvalue weighted by Crippen LogP contribution is -2.20. The monoisotopic (exact) mass is 218 g/mol. The topological polar surface area (TPSA) is 63.8 Å². The average molecular weight is 218 g/mol. The number of aryl methyl sites for hydroxylation is 1. The Morgan fingerprint density at radius 1 is 1.19 bits per heavy atom. The fraction of sp³-hybridized carbons (Fsp3) is 0.667. The minimum absolute atomic E-state index is 0.220. The molecule has 1 saturated carbocycles. The summed E-state index contributed by atoms with van der Waals surface area (Å²) < 4.78 is 0. The van der Waals surface area contributed by atoms with Crippen LogP contribution in [0.4, 0.5) is 5.82 Å². The first-order valence-corrected chi connectivity index (χ1v) is 6.10. The predicted molar refractivity (Wildman–Crippen MR) is 63.1 cm³/mol. The minimum atomic E-state index is 0.220. The molecule has 2 aliphatic rings. The zero-order valence-electron chi connectivity index (χ0n) is 9.71. The maximum atomic E-state index is 5.57. The summed E-state index contributed by atoms with van der Waals surface area (Å²) in [7, 11) is 0. The Kier molecular flexibility index (Phi) is 2.14. The van der Waals surface area contributed by atoms with Gasteiger partial charge in [-0.3, -0.25) is 0 Å². The predicted octanol–water partition coefficient (Wildman–Crippen LogP) is 1.69. The fourth-order valence-corrected chi connectivity index (χ4v) is 2.39. The molecule has 1 aromatic heterocycles. The van der Waals surface area contributed by atoms with Gasteiger partial charge in [0.1, 0.15) is 11.6 Å². The van der Waals surface area contributed by atoms with Gasteiger partial charge in [-0.05, 0) is 38.5 Å². The van der Waals surface area contributed by atoms with Crippen LogP contribution in [0.25, 0.3) is 0 Å². The largest absolute Gasteiger partial charge is 0.308 e. The van der Waals surface area contributed by atoms with Crippen molar-refractivity contribution in [1.29, 1.82) is 0 Å². The Balaban J connectivity index is 2.09. The lowest BCUT2D eigenvalue weighted by molar-refractivity contribution is 0.632. The van der Waals surface area contributed by atoms with Gasteiger partial charge in [-0.15, -0.1) is 0 Å². The van der Waals surface area contributed by atoms with E-state index < -0.39 is 0 Å². The summed E-state index contributed by atoms with van der Waals surface area (Å²) in [6, 6.07) is 0. The van der Waals surface area contributed by atoms with Gasteiger partial charge in [0.05, 0.1) is 0 Å². The van der Waals surface area contributed by atoms with Crippen LogP contribution in [0.1, 0.15) is 49.7 Å². The van der Waals surface area contributed by atoms with Gasteiger partial charge >= 0.3 is 0 Å². The number of rotatable bonds is 2. The Morgan fingerprint density at radius 3 is 2.62 bits per heavy atom. The fourth-order valence-electron chi connectivity index (χ4n) is 2.39. The molecule has 16 heavy (non-hydrogen) atoms. The molecule has 3 rings (SSSR count). The van der Waals surface area contributed by atoms with E-state index in [9.17, 15) is 0 Å². The molecule has 0 radical (unpaired) electrons. The van der Waals surface area contributed by atoms with Crippen molar-refractivity contribution >= 4 is 5.82 Å². The van der Waals surface area contributed by atoms with E-state index in [4.69, 9.17) is 10.8 Å². The smallest absolute Gasteiger partial charge is 0.147 e. The van der Waals surface area contributed by atoms with Gasteiger partial charge in [-0.2, -0.15) is 0 Å². The molecule has 1 heterocycles. The minimum Gasteiger partial charge on any atom is -0.308 e. The number of nitrogens with one attached hydrogen (secondary N) is 1. The van der Waals surface area contributed by atoms with E-state index >= 15 is 0 Å². The first-order chi connectivity index (χ1) is 7.73. The molecular weight excluding hydrogens is 200 g/mol. The van der Waals surface area contributed by atoms with E-state index in [1.165, 1.54) is 36.9 Å². The van der Waals surface area contributed by atoms with Crippen LogP contribution >= 0.6 is 0 Å². The van der Waals surface area contributed by atoms with Crippen molar-refractivity contribution in [1.82, 2.24) is 9.97 Å². The number of aromatic nitrogens is 2. The van der Waals surface area contributed by atoms with Gasteiger partial charge in [0.15, 0.2) is 0 Å². The number of nitrogen functional groups attached to an aromatic ring is 1. The lowest BCUT2D eigenvalue weighted by Gasteiger charge is -2.20. The van der Waals surface area contributed by atoms with Gasteiger partial charge in [0.2, 0.25) is 0 Å². The Hall–Kier alpha value is -1.16. The van der Waals surface area contributed by atoms with E-state index in [-0.39, 0.29) is 5.41 Å². The maximum Gasteiger partial charge on any atom is 0.147 e. The number of hydrazine groups is 1. The first-order valence-electron chi connectivity index (χ1n) is 6.10. The highest BCUT2D eigenvalue weighted by Gasteiger charge is 2.42. The third kappa shape index (κ3) is 1.48. The highest BCUT2D eigenvalue weighted by Crippen LogP contribution is 2.46. The Labute approximate surface area is 95.6 Å². The average Bonchev–Trinajstić information content (AvgIpc) is 3.07. The van der Waals surface area contributed by atoms with E-state index in [0.717, 1.165) is 24.5 Å². The second kappa shape index (κ2) is 3.42. The van der Waals surface area contributed by atoms with Crippen molar-refractivity contribution in [2.75, 3.05) is 5.43 Å². The number of hydrogen-bond donors (Lipinski definition) is 2. The quantitative estimate of drug-likeness (QED) is 0.585. The summed E-state index contributed by atoms with van der Waals surface area (Å²) in [4.78, 5) is 9.34. The van der Waals surface area contributed by atoms with Crippen LogP contribution < -0.4 is 11.3 Å². The van der Waals surface area contributed by atoms with Crippen LogP contribution in [0.3, 0.4) is 0 Å². The standard InChI is InChI=1S/C12H18N4/c1-12(6-7-12)11-14-9-5-3-2-4-8(9)10(15-11)16-13/h2-7,13H2,1H3,(H,14,15,16). The summed E-state index contributed by atoms with van der Waals surface area (Å²) in [6.45, 7) is 2.23. The van der Waals surface area contributed by atoms with E-state index in [2.05, 4.69) is 17.3 Å². The van der Waals surface area contributed by atoms with Crippen molar-refractivity contribution in [3.63, 3.8) is 0 Å². The molecule has 2 aliphatic carbocycles. The summed E-state index contributed by atoms with van der Waals surface area (Å²) in [5.74, 6) is 7.41. The highest BCUT2D eigenvalue weighted by molar-refractivity contribution is 5.47. The summed E-state index contributed by atoms with van der Waals surface area (Å²) in [5, 5.41) is 0. The molecule has 4 nitrogen and oxygen atoms in total. The molecule has 4 heteroatoms. The number of fused-ring (bicyclic) bond motifs is 1. The molecule has 0 atom stereocenters. The number of hydrogen-bond acceptors (Lipinski definition) is 4. The number of anilines is 1. The summed E-state index contributed by atoms with van der Waals surface area (Å²) in [6.07, 6.45) is 7.01. The molecule has 0 saturated heterocycles. The Morgan fingerprint density at radius 2 is 1.94 bits per heavy atom. The zero-order valence-corrected chi connectivity index (χ0v) is 9.71. The number of nitrogens with two attached hydrogens (primary N) is 1. The van der Waals surface area contributed by atoms with Crippen LogP contribution in [-0.4, -0.2) is 9.97 Å². The van der Waals surface area contributed by atoms with Crippen molar-refractivity contribution in [2.24, 2.45) is 5.84 Å². The number of nitrogens with zero attached hydrogens (tertiary/aromatic N) is 2. The van der Waals surface area contributed by atoms with E-state index in [1.807, 2.05) is 0 Å². The van der Waals surface area contributed by atoms with Crippen molar-refractivity contribution in [3.8, 4) is 0 Å². The molecule has 1 fully saturated rings. The third-order valence-electron chi connectivity index (χ3n) is 3.86. The molecule has 0 aliphatic heterocycles. The van der Waals surface area contributed by atoms with Gasteiger partial charge in [0.25, 0.3) is 0 Å². The molecule has 0 unspecified atom stereocenters. The van der Waals surface area contributed by atoms with Gasteiger partial charge in [-0.1, -0.05) is 6.92 Å².